The molecule has 0 radical (unpaired) electrons. The average Bonchev–Trinajstić information content (AvgIpc) is 2.62. The van der Waals surface area contributed by atoms with Crippen LogP contribution in [0.15, 0.2) is 43.0 Å². The maximum Gasteiger partial charge on any atom is 0.245 e. The minimum atomic E-state index is -0.482. The lowest BCUT2D eigenvalue weighted by molar-refractivity contribution is -0.149. The molecule has 0 bridgehead atoms. The fourth-order valence-electron chi connectivity index (χ4n) is 4.81. The monoisotopic (exact) mass is 352 g/mol. The van der Waals surface area contributed by atoms with E-state index in [-0.39, 0.29) is 11.8 Å². The lowest BCUT2D eigenvalue weighted by Gasteiger charge is -2.51. The van der Waals surface area contributed by atoms with Gasteiger partial charge < -0.3 is 9.80 Å². The molecule has 0 spiro atoms. The molecule has 26 heavy (non-hydrogen) atoms. The largest absolute Gasteiger partial charge is 0.341 e. The van der Waals surface area contributed by atoms with Crippen LogP contribution < -0.4 is 0 Å². The summed E-state index contributed by atoms with van der Waals surface area (Å²) < 4.78 is 0. The van der Waals surface area contributed by atoms with E-state index in [1.807, 2.05) is 23.1 Å². The lowest BCUT2D eigenvalue weighted by Crippen LogP contribution is -2.61. The molecule has 4 rings (SSSR count). The number of rotatable bonds is 4. The van der Waals surface area contributed by atoms with Gasteiger partial charge in [-0.1, -0.05) is 56.2 Å². The van der Waals surface area contributed by atoms with Crippen LogP contribution in [-0.4, -0.2) is 47.8 Å². The molecule has 0 aromatic heterocycles. The third-order valence-electron chi connectivity index (χ3n) is 6.85. The molecule has 1 aliphatic carbocycles. The molecule has 2 saturated heterocycles. The predicted molar refractivity (Wildman–Crippen MR) is 102 cm³/mol. The van der Waals surface area contributed by atoms with E-state index in [1.54, 1.807) is 0 Å². The van der Waals surface area contributed by atoms with Crippen molar-refractivity contribution < 1.29 is 9.59 Å². The van der Waals surface area contributed by atoms with E-state index in [4.69, 9.17) is 0 Å². The van der Waals surface area contributed by atoms with E-state index >= 15 is 0 Å². The molecule has 0 N–H and O–H groups in total. The SMILES string of the molecule is C=CC(=O)N1CCC(C(=O)N2CC(C3CCC3)C2)(c2ccccc2)CC1. The third-order valence-corrected chi connectivity index (χ3v) is 6.85. The van der Waals surface area contributed by atoms with Crippen molar-refractivity contribution >= 4 is 11.8 Å². The van der Waals surface area contributed by atoms with Crippen LogP contribution in [0.2, 0.25) is 0 Å². The number of likely N-dealkylation sites (tertiary alicyclic amines) is 2. The van der Waals surface area contributed by atoms with Crippen molar-refractivity contribution in [3.05, 3.63) is 48.6 Å². The van der Waals surface area contributed by atoms with Crippen molar-refractivity contribution in [2.45, 2.75) is 37.5 Å². The molecule has 3 aliphatic rings. The van der Waals surface area contributed by atoms with Gasteiger partial charge in [0.25, 0.3) is 0 Å². The number of hydrogen-bond acceptors (Lipinski definition) is 2. The predicted octanol–water partition coefficient (Wildman–Crippen LogP) is 2.99. The molecule has 3 fully saturated rings. The summed E-state index contributed by atoms with van der Waals surface area (Å²) in [6.45, 7) is 6.67. The van der Waals surface area contributed by atoms with Gasteiger partial charge in [-0.25, -0.2) is 0 Å². The van der Waals surface area contributed by atoms with Crippen LogP contribution in [0.25, 0.3) is 0 Å². The van der Waals surface area contributed by atoms with E-state index in [1.165, 1.54) is 25.3 Å². The summed E-state index contributed by atoms with van der Waals surface area (Å²) in [5.41, 5.74) is 0.617. The Balaban J connectivity index is 1.52. The maximum absolute atomic E-state index is 13.5. The van der Waals surface area contributed by atoms with Crippen molar-refractivity contribution in [2.24, 2.45) is 11.8 Å². The highest BCUT2D eigenvalue weighted by atomic mass is 16.2. The van der Waals surface area contributed by atoms with Crippen LogP contribution in [0.4, 0.5) is 0 Å². The van der Waals surface area contributed by atoms with E-state index < -0.39 is 5.41 Å². The molecule has 2 amide bonds. The number of amides is 2. The summed E-state index contributed by atoms with van der Waals surface area (Å²) in [5.74, 6) is 1.79. The Morgan fingerprint density at radius 3 is 2.19 bits per heavy atom. The van der Waals surface area contributed by atoms with E-state index in [2.05, 4.69) is 23.6 Å². The molecule has 1 saturated carbocycles. The first kappa shape index (κ1) is 17.3. The zero-order valence-corrected chi connectivity index (χ0v) is 15.4. The number of benzene rings is 1. The topological polar surface area (TPSA) is 40.6 Å². The van der Waals surface area contributed by atoms with Gasteiger partial charge in [-0.05, 0) is 36.3 Å². The Kier molecular flexibility index (Phi) is 4.60. The highest BCUT2D eigenvalue weighted by molar-refractivity contribution is 5.90. The van der Waals surface area contributed by atoms with Gasteiger partial charge in [-0.15, -0.1) is 0 Å². The second-order valence-electron chi connectivity index (χ2n) is 8.14. The first-order valence-corrected chi connectivity index (χ1v) is 9.90. The zero-order valence-electron chi connectivity index (χ0n) is 15.4. The van der Waals surface area contributed by atoms with Crippen molar-refractivity contribution in [3.8, 4) is 0 Å². The Morgan fingerprint density at radius 1 is 1.00 bits per heavy atom. The normalized spacial score (nSPS) is 23.1. The van der Waals surface area contributed by atoms with Crippen LogP contribution in [-0.2, 0) is 15.0 Å². The second kappa shape index (κ2) is 6.90. The van der Waals surface area contributed by atoms with Crippen molar-refractivity contribution in [2.75, 3.05) is 26.2 Å². The van der Waals surface area contributed by atoms with E-state index in [0.29, 0.717) is 31.8 Å². The minimum Gasteiger partial charge on any atom is -0.341 e. The second-order valence-corrected chi connectivity index (χ2v) is 8.14. The van der Waals surface area contributed by atoms with Crippen LogP contribution in [0.3, 0.4) is 0 Å². The number of hydrogen-bond donors (Lipinski definition) is 0. The van der Waals surface area contributed by atoms with Crippen LogP contribution in [0, 0.1) is 11.8 Å². The molecule has 4 heteroatoms. The van der Waals surface area contributed by atoms with Crippen LogP contribution >= 0.6 is 0 Å². The van der Waals surface area contributed by atoms with Gasteiger partial charge in [0, 0.05) is 26.2 Å². The number of piperidine rings is 1. The summed E-state index contributed by atoms with van der Waals surface area (Å²) in [7, 11) is 0. The van der Waals surface area contributed by atoms with Crippen molar-refractivity contribution in [1.82, 2.24) is 9.80 Å². The van der Waals surface area contributed by atoms with Gasteiger partial charge in [0.15, 0.2) is 0 Å². The Bertz CT molecular complexity index is 681. The maximum atomic E-state index is 13.5. The number of carbonyl (C=O) groups excluding carboxylic acids is 2. The first-order chi connectivity index (χ1) is 12.6. The highest BCUT2D eigenvalue weighted by Gasteiger charge is 2.49. The first-order valence-electron chi connectivity index (χ1n) is 9.90. The van der Waals surface area contributed by atoms with Gasteiger partial charge in [0.2, 0.25) is 11.8 Å². The smallest absolute Gasteiger partial charge is 0.245 e. The van der Waals surface area contributed by atoms with E-state index in [9.17, 15) is 9.59 Å². The lowest BCUT2D eigenvalue weighted by atomic mass is 9.68. The van der Waals surface area contributed by atoms with Crippen LogP contribution in [0.5, 0.6) is 0 Å². The molecule has 4 nitrogen and oxygen atoms in total. The van der Waals surface area contributed by atoms with Crippen LogP contribution in [0.1, 0.15) is 37.7 Å². The molecule has 0 unspecified atom stereocenters. The fourth-order valence-corrected chi connectivity index (χ4v) is 4.81. The number of nitrogens with zero attached hydrogens (tertiary/aromatic N) is 2. The summed E-state index contributed by atoms with van der Waals surface area (Å²) in [6, 6.07) is 10.2. The molecular formula is C22H28N2O2. The summed E-state index contributed by atoms with van der Waals surface area (Å²) in [5, 5.41) is 0. The van der Waals surface area contributed by atoms with Gasteiger partial charge in [0.05, 0.1) is 5.41 Å². The molecule has 138 valence electrons. The molecule has 1 aromatic carbocycles. The van der Waals surface area contributed by atoms with Crippen molar-refractivity contribution in [3.63, 3.8) is 0 Å². The van der Waals surface area contributed by atoms with Gasteiger partial charge in [-0.2, -0.15) is 0 Å². The highest BCUT2D eigenvalue weighted by Crippen LogP contribution is 2.42. The third kappa shape index (κ3) is 2.85. The molecule has 0 atom stereocenters. The summed E-state index contributed by atoms with van der Waals surface area (Å²) >= 11 is 0. The summed E-state index contributed by atoms with van der Waals surface area (Å²) in [4.78, 5) is 29.4. The number of carbonyl (C=O) groups is 2. The average molecular weight is 352 g/mol. The molecule has 1 aromatic rings. The standard InChI is InChI=1S/C22H28N2O2/c1-2-20(25)23-13-11-22(12-14-23,19-9-4-3-5-10-19)21(26)24-15-18(16-24)17-7-6-8-17/h2-5,9-10,17-18H,1,6-8,11-16H2. The van der Waals surface area contributed by atoms with Crippen molar-refractivity contribution in [1.29, 1.82) is 0 Å². The Morgan fingerprint density at radius 2 is 1.65 bits per heavy atom. The molecular weight excluding hydrogens is 324 g/mol. The zero-order chi connectivity index (χ0) is 18.1. The minimum absolute atomic E-state index is 0.0342. The molecule has 2 heterocycles. The molecule has 2 aliphatic heterocycles. The Hall–Kier alpha value is -2.10. The Labute approximate surface area is 155 Å². The quantitative estimate of drug-likeness (QED) is 0.782. The fraction of sp³-hybridized carbons (Fsp3) is 0.545. The van der Waals surface area contributed by atoms with E-state index in [0.717, 1.165) is 24.6 Å². The summed E-state index contributed by atoms with van der Waals surface area (Å²) in [6.07, 6.45) is 6.80. The van der Waals surface area contributed by atoms with Gasteiger partial charge >= 0.3 is 0 Å². The van der Waals surface area contributed by atoms with Gasteiger partial charge in [0.1, 0.15) is 0 Å². The van der Waals surface area contributed by atoms with Gasteiger partial charge in [-0.3, -0.25) is 9.59 Å².